The van der Waals surface area contributed by atoms with Crippen molar-refractivity contribution in [2.24, 2.45) is 0 Å². The summed E-state index contributed by atoms with van der Waals surface area (Å²) < 4.78 is 30.1. The Balaban J connectivity index is 1.59. The largest absolute Gasteiger partial charge is 0.467 e. The molecule has 9 nitrogen and oxygen atoms in total. The number of hydrogen-bond donors (Lipinski definition) is 0. The second kappa shape index (κ2) is 8.85. The van der Waals surface area contributed by atoms with Crippen LogP contribution in [0.15, 0.2) is 36.7 Å². The highest BCUT2D eigenvalue weighted by molar-refractivity contribution is 5.37. The van der Waals surface area contributed by atoms with E-state index in [9.17, 15) is 4.39 Å². The molecule has 0 amide bonds. The van der Waals surface area contributed by atoms with Crippen LogP contribution >= 0.6 is 0 Å². The standard InChI is InChI=1S/C20H21FN6O3/c1-28-19-24-18(25-20(26-19)29-2)27-11-5-6-13(12-27)16-17(23-10-9-22-16)30-15-8-4-3-7-14(15)21/h3-4,7-10,13H,5-6,11-12H2,1-2H3. The summed E-state index contributed by atoms with van der Waals surface area (Å²) in [6.07, 6.45) is 4.90. The first-order valence-corrected chi connectivity index (χ1v) is 9.50. The van der Waals surface area contributed by atoms with Gasteiger partial charge in [0, 0.05) is 31.4 Å². The number of para-hydroxylation sites is 1. The lowest BCUT2D eigenvalue weighted by Crippen LogP contribution is -2.36. The number of rotatable bonds is 6. The van der Waals surface area contributed by atoms with Crippen molar-refractivity contribution in [3.8, 4) is 23.7 Å². The van der Waals surface area contributed by atoms with Gasteiger partial charge in [-0.1, -0.05) is 12.1 Å². The first-order chi connectivity index (χ1) is 14.7. The van der Waals surface area contributed by atoms with Gasteiger partial charge in [0.15, 0.2) is 11.6 Å². The van der Waals surface area contributed by atoms with Crippen molar-refractivity contribution in [1.29, 1.82) is 0 Å². The van der Waals surface area contributed by atoms with Crippen molar-refractivity contribution >= 4 is 5.95 Å². The monoisotopic (exact) mass is 412 g/mol. The molecule has 0 saturated carbocycles. The lowest BCUT2D eigenvalue weighted by atomic mass is 9.95. The Morgan fingerprint density at radius 1 is 1.00 bits per heavy atom. The molecule has 156 valence electrons. The van der Waals surface area contributed by atoms with Crippen LogP contribution in [0.2, 0.25) is 0 Å². The summed E-state index contributed by atoms with van der Waals surface area (Å²) in [6.45, 7) is 1.35. The average molecular weight is 412 g/mol. The molecule has 0 N–H and O–H groups in total. The second-order valence-corrected chi connectivity index (χ2v) is 6.67. The van der Waals surface area contributed by atoms with E-state index in [1.807, 2.05) is 4.90 Å². The number of hydrogen-bond acceptors (Lipinski definition) is 9. The van der Waals surface area contributed by atoms with Crippen LogP contribution in [0.1, 0.15) is 24.5 Å². The Hall–Kier alpha value is -3.56. The fourth-order valence-electron chi connectivity index (χ4n) is 3.36. The predicted molar refractivity (Wildman–Crippen MR) is 106 cm³/mol. The Labute approximate surface area is 172 Å². The summed E-state index contributed by atoms with van der Waals surface area (Å²) in [6, 6.07) is 6.58. The van der Waals surface area contributed by atoms with Gasteiger partial charge in [-0.2, -0.15) is 9.97 Å². The SMILES string of the molecule is COc1nc(OC)nc(N2CCCC(c3nccnc3Oc3ccccc3F)C2)n1. The van der Waals surface area contributed by atoms with Crippen LogP contribution < -0.4 is 19.1 Å². The van der Waals surface area contributed by atoms with E-state index in [4.69, 9.17) is 14.2 Å². The molecule has 1 unspecified atom stereocenters. The van der Waals surface area contributed by atoms with Gasteiger partial charge in [0.25, 0.3) is 0 Å². The first-order valence-electron chi connectivity index (χ1n) is 9.50. The zero-order valence-electron chi connectivity index (χ0n) is 16.7. The highest BCUT2D eigenvalue weighted by Crippen LogP contribution is 2.34. The van der Waals surface area contributed by atoms with Crippen LogP contribution in [0.25, 0.3) is 0 Å². The van der Waals surface area contributed by atoms with E-state index in [1.165, 1.54) is 26.5 Å². The normalized spacial score (nSPS) is 16.2. The smallest absolute Gasteiger partial charge is 0.324 e. The van der Waals surface area contributed by atoms with Crippen molar-refractivity contribution in [2.45, 2.75) is 18.8 Å². The number of nitrogens with zero attached hydrogens (tertiary/aromatic N) is 6. The lowest BCUT2D eigenvalue weighted by Gasteiger charge is -2.32. The molecule has 0 bridgehead atoms. The first kappa shape index (κ1) is 19.7. The summed E-state index contributed by atoms with van der Waals surface area (Å²) in [4.78, 5) is 23.5. The topological polar surface area (TPSA) is 95.4 Å². The van der Waals surface area contributed by atoms with Gasteiger partial charge in [-0.05, 0) is 25.0 Å². The molecule has 1 aromatic carbocycles. The third-order valence-corrected chi connectivity index (χ3v) is 4.77. The molecular weight excluding hydrogens is 391 g/mol. The van der Waals surface area contributed by atoms with Crippen molar-refractivity contribution in [1.82, 2.24) is 24.9 Å². The fourth-order valence-corrected chi connectivity index (χ4v) is 3.36. The van der Waals surface area contributed by atoms with Gasteiger partial charge in [0.2, 0.25) is 11.8 Å². The zero-order chi connectivity index (χ0) is 20.9. The molecule has 1 atom stereocenters. The minimum absolute atomic E-state index is 0.00276. The Morgan fingerprint density at radius 3 is 2.47 bits per heavy atom. The molecule has 30 heavy (non-hydrogen) atoms. The van der Waals surface area contributed by atoms with Gasteiger partial charge in [0.05, 0.1) is 14.2 Å². The number of halogens is 1. The summed E-state index contributed by atoms with van der Waals surface area (Å²) in [5, 5.41) is 0. The molecular formula is C20H21FN6O3. The molecule has 1 aliphatic rings. The number of benzene rings is 1. The molecule has 3 heterocycles. The van der Waals surface area contributed by atoms with E-state index in [0.29, 0.717) is 24.1 Å². The third kappa shape index (κ3) is 4.22. The summed E-state index contributed by atoms with van der Waals surface area (Å²) in [5.41, 5.74) is 0.665. The fraction of sp³-hybridized carbons (Fsp3) is 0.350. The Morgan fingerprint density at radius 2 is 1.73 bits per heavy atom. The zero-order valence-corrected chi connectivity index (χ0v) is 16.7. The molecule has 0 aliphatic carbocycles. The quantitative estimate of drug-likeness (QED) is 0.605. The molecule has 0 radical (unpaired) electrons. The predicted octanol–water partition coefficient (Wildman–Crippen LogP) is 2.99. The van der Waals surface area contributed by atoms with E-state index in [0.717, 1.165) is 19.4 Å². The number of aromatic nitrogens is 5. The van der Waals surface area contributed by atoms with Gasteiger partial charge >= 0.3 is 12.0 Å². The van der Waals surface area contributed by atoms with E-state index >= 15 is 0 Å². The van der Waals surface area contributed by atoms with Crippen molar-refractivity contribution < 1.29 is 18.6 Å². The van der Waals surface area contributed by atoms with E-state index < -0.39 is 5.82 Å². The minimum Gasteiger partial charge on any atom is -0.467 e. The number of piperidine rings is 1. The molecule has 10 heteroatoms. The van der Waals surface area contributed by atoms with Crippen molar-refractivity contribution in [3.05, 3.63) is 48.2 Å². The molecule has 4 rings (SSSR count). The molecule has 1 saturated heterocycles. The van der Waals surface area contributed by atoms with Gasteiger partial charge in [0.1, 0.15) is 5.69 Å². The van der Waals surface area contributed by atoms with E-state index in [-0.39, 0.29) is 23.7 Å². The number of anilines is 1. The maximum atomic E-state index is 14.0. The molecule has 1 aliphatic heterocycles. The van der Waals surface area contributed by atoms with Gasteiger partial charge in [-0.3, -0.25) is 4.98 Å². The molecule has 0 spiro atoms. The number of ether oxygens (including phenoxy) is 3. The van der Waals surface area contributed by atoms with E-state index in [2.05, 4.69) is 24.9 Å². The summed E-state index contributed by atoms with van der Waals surface area (Å²) in [5.74, 6) is 0.412. The van der Waals surface area contributed by atoms with E-state index in [1.54, 1.807) is 24.4 Å². The van der Waals surface area contributed by atoms with Crippen LogP contribution in [0, 0.1) is 5.82 Å². The Bertz CT molecular complexity index is 999. The van der Waals surface area contributed by atoms with Crippen LogP contribution in [-0.4, -0.2) is 52.2 Å². The highest BCUT2D eigenvalue weighted by atomic mass is 19.1. The van der Waals surface area contributed by atoms with Crippen LogP contribution in [0.3, 0.4) is 0 Å². The van der Waals surface area contributed by atoms with Gasteiger partial charge < -0.3 is 19.1 Å². The maximum absolute atomic E-state index is 14.0. The van der Waals surface area contributed by atoms with Crippen molar-refractivity contribution in [3.63, 3.8) is 0 Å². The van der Waals surface area contributed by atoms with Crippen LogP contribution in [0.4, 0.5) is 10.3 Å². The highest BCUT2D eigenvalue weighted by Gasteiger charge is 2.28. The third-order valence-electron chi connectivity index (χ3n) is 4.77. The molecule has 2 aromatic heterocycles. The molecule has 1 fully saturated rings. The van der Waals surface area contributed by atoms with Crippen LogP contribution in [-0.2, 0) is 0 Å². The maximum Gasteiger partial charge on any atom is 0.324 e. The summed E-state index contributed by atoms with van der Waals surface area (Å²) in [7, 11) is 2.98. The second-order valence-electron chi connectivity index (χ2n) is 6.67. The summed E-state index contributed by atoms with van der Waals surface area (Å²) >= 11 is 0. The Kier molecular flexibility index (Phi) is 5.82. The average Bonchev–Trinajstić information content (AvgIpc) is 2.80. The minimum atomic E-state index is -0.455. The van der Waals surface area contributed by atoms with Crippen molar-refractivity contribution in [2.75, 3.05) is 32.2 Å². The molecule has 3 aromatic rings. The van der Waals surface area contributed by atoms with Gasteiger partial charge in [-0.25, -0.2) is 9.37 Å². The lowest BCUT2D eigenvalue weighted by molar-refractivity contribution is 0.338. The van der Waals surface area contributed by atoms with Gasteiger partial charge in [-0.15, -0.1) is 4.98 Å². The van der Waals surface area contributed by atoms with Crippen LogP contribution in [0.5, 0.6) is 23.7 Å². The number of methoxy groups -OCH3 is 2.